The van der Waals surface area contributed by atoms with Gasteiger partial charge in [-0.3, -0.25) is 4.57 Å². The van der Waals surface area contributed by atoms with Crippen LogP contribution in [0.4, 0.5) is 0 Å². The molecule has 1 aliphatic heterocycles. The molecule has 1 aromatic carbocycles. The summed E-state index contributed by atoms with van der Waals surface area (Å²) < 4.78 is 8.55. The molecule has 8 heteroatoms. The number of hydrogen-bond acceptors (Lipinski definition) is 6. The van der Waals surface area contributed by atoms with Crippen LogP contribution in [0.2, 0.25) is 0 Å². The summed E-state index contributed by atoms with van der Waals surface area (Å²) in [6.45, 7) is 6.68. The molecular formula is C19H24N6O2. The molecule has 0 aliphatic carbocycles. The van der Waals surface area contributed by atoms with Gasteiger partial charge in [0.15, 0.2) is 5.82 Å². The topological polar surface area (TPSA) is 90.8 Å². The van der Waals surface area contributed by atoms with Crippen molar-refractivity contribution in [1.29, 1.82) is 0 Å². The molecule has 0 saturated carbocycles. The van der Waals surface area contributed by atoms with Gasteiger partial charge < -0.3 is 9.84 Å². The quantitative estimate of drug-likeness (QED) is 0.740. The number of aryl methyl sites for hydroxylation is 1. The molecule has 27 heavy (non-hydrogen) atoms. The summed E-state index contributed by atoms with van der Waals surface area (Å²) in [7, 11) is 0. The highest BCUT2D eigenvalue weighted by atomic mass is 16.5. The number of benzene rings is 1. The van der Waals surface area contributed by atoms with Crippen LogP contribution in [-0.4, -0.2) is 37.6 Å². The van der Waals surface area contributed by atoms with Crippen LogP contribution >= 0.6 is 0 Å². The minimum Gasteiger partial charge on any atom is -0.334 e. The normalized spacial score (nSPS) is 17.3. The van der Waals surface area contributed by atoms with E-state index in [1.165, 1.54) is 10.2 Å². The van der Waals surface area contributed by atoms with Gasteiger partial charge in [-0.05, 0) is 45.4 Å². The highest BCUT2D eigenvalue weighted by Gasteiger charge is 2.24. The van der Waals surface area contributed by atoms with E-state index in [1.54, 1.807) is 4.57 Å². The maximum absolute atomic E-state index is 12.7. The maximum atomic E-state index is 12.7. The smallest absolute Gasteiger partial charge is 0.334 e. The minimum atomic E-state index is -0.125. The summed E-state index contributed by atoms with van der Waals surface area (Å²) in [6, 6.07) is 7.88. The first-order valence-electron chi connectivity index (χ1n) is 9.43. The van der Waals surface area contributed by atoms with Gasteiger partial charge in [0.2, 0.25) is 0 Å². The van der Waals surface area contributed by atoms with E-state index in [9.17, 15) is 4.79 Å². The van der Waals surface area contributed by atoms with E-state index in [4.69, 9.17) is 4.52 Å². The van der Waals surface area contributed by atoms with Crippen molar-refractivity contribution in [2.75, 3.05) is 13.1 Å². The van der Waals surface area contributed by atoms with Gasteiger partial charge in [-0.2, -0.15) is 10.1 Å². The summed E-state index contributed by atoms with van der Waals surface area (Å²) in [6.07, 6.45) is 2.14. The average Bonchev–Trinajstić information content (AvgIpc) is 3.28. The number of hydrogen-bond donors (Lipinski definition) is 1. The lowest BCUT2D eigenvalue weighted by molar-refractivity contribution is 0.417. The molecular weight excluding hydrogens is 344 g/mol. The first-order valence-corrected chi connectivity index (χ1v) is 9.43. The van der Waals surface area contributed by atoms with Crippen molar-refractivity contribution in [2.45, 2.75) is 45.7 Å². The van der Waals surface area contributed by atoms with Crippen LogP contribution in [-0.2, 0) is 13.1 Å². The van der Waals surface area contributed by atoms with Gasteiger partial charge in [-0.15, -0.1) is 0 Å². The Morgan fingerprint density at radius 1 is 1.30 bits per heavy atom. The Balaban J connectivity index is 1.58. The summed E-state index contributed by atoms with van der Waals surface area (Å²) in [5, 5.41) is 12.0. The van der Waals surface area contributed by atoms with Crippen molar-refractivity contribution in [3.8, 4) is 11.5 Å². The lowest BCUT2D eigenvalue weighted by Gasteiger charge is -2.21. The van der Waals surface area contributed by atoms with Gasteiger partial charge in [0, 0.05) is 24.6 Å². The third-order valence-electron chi connectivity index (χ3n) is 4.99. The molecule has 1 aliphatic rings. The second-order valence-corrected chi connectivity index (χ2v) is 6.97. The van der Waals surface area contributed by atoms with Crippen LogP contribution < -0.4 is 11.0 Å². The van der Waals surface area contributed by atoms with Crippen LogP contribution in [0.15, 0.2) is 33.6 Å². The van der Waals surface area contributed by atoms with E-state index < -0.39 is 0 Å². The molecule has 0 spiro atoms. The van der Waals surface area contributed by atoms with E-state index in [0.717, 1.165) is 37.3 Å². The summed E-state index contributed by atoms with van der Waals surface area (Å²) in [5.41, 5.74) is 1.90. The third-order valence-corrected chi connectivity index (χ3v) is 4.99. The summed E-state index contributed by atoms with van der Waals surface area (Å²) in [5.74, 6) is 2.00. The molecule has 4 rings (SSSR count). The van der Waals surface area contributed by atoms with E-state index in [-0.39, 0.29) is 18.2 Å². The standard InChI is InChI=1S/C19H24N6O2/c1-3-24-17(15-5-4-10-20-11-15)22-25(19(24)26)12-16-21-18(27-23-16)14-8-6-13(2)7-9-14/h6-9,15,20H,3-5,10-12H2,1-2H3. The molecule has 1 unspecified atom stereocenters. The Morgan fingerprint density at radius 2 is 2.11 bits per heavy atom. The number of nitrogens with one attached hydrogen (secondary N) is 1. The first kappa shape index (κ1) is 17.7. The van der Waals surface area contributed by atoms with Crippen molar-refractivity contribution >= 4 is 0 Å². The van der Waals surface area contributed by atoms with E-state index in [0.29, 0.717) is 18.3 Å². The maximum Gasteiger partial charge on any atom is 0.346 e. The fourth-order valence-corrected chi connectivity index (χ4v) is 3.50. The predicted octanol–water partition coefficient (Wildman–Crippen LogP) is 1.94. The summed E-state index contributed by atoms with van der Waals surface area (Å²) >= 11 is 0. The SMILES string of the molecule is CCn1c(C2CCCNC2)nn(Cc2noc(-c3ccc(C)cc3)n2)c1=O. The molecule has 3 aromatic rings. The molecule has 0 amide bonds. The molecule has 1 saturated heterocycles. The molecule has 1 N–H and O–H groups in total. The van der Waals surface area contributed by atoms with Gasteiger partial charge in [0.05, 0.1) is 0 Å². The molecule has 8 nitrogen and oxygen atoms in total. The van der Waals surface area contributed by atoms with Crippen LogP contribution in [0, 0.1) is 6.92 Å². The van der Waals surface area contributed by atoms with Crippen molar-refractivity contribution in [2.24, 2.45) is 0 Å². The molecule has 3 heterocycles. The highest BCUT2D eigenvalue weighted by Crippen LogP contribution is 2.21. The van der Waals surface area contributed by atoms with Crippen LogP contribution in [0.25, 0.3) is 11.5 Å². The Kier molecular flexibility index (Phi) is 4.89. The van der Waals surface area contributed by atoms with Crippen LogP contribution in [0.1, 0.15) is 42.9 Å². The Hall–Kier alpha value is -2.74. The zero-order chi connectivity index (χ0) is 18.8. The predicted molar refractivity (Wildman–Crippen MR) is 101 cm³/mol. The molecule has 142 valence electrons. The van der Waals surface area contributed by atoms with Gasteiger partial charge in [0.25, 0.3) is 5.89 Å². The Bertz CT molecular complexity index is 963. The fourth-order valence-electron chi connectivity index (χ4n) is 3.50. The van der Waals surface area contributed by atoms with Crippen molar-refractivity contribution < 1.29 is 4.52 Å². The van der Waals surface area contributed by atoms with Crippen molar-refractivity contribution in [3.63, 3.8) is 0 Å². The molecule has 2 aromatic heterocycles. The zero-order valence-electron chi connectivity index (χ0n) is 15.7. The number of rotatable bonds is 5. The zero-order valence-corrected chi connectivity index (χ0v) is 15.7. The van der Waals surface area contributed by atoms with Crippen LogP contribution in [0.3, 0.4) is 0 Å². The van der Waals surface area contributed by atoms with Gasteiger partial charge in [-0.25, -0.2) is 9.48 Å². The van der Waals surface area contributed by atoms with Gasteiger partial charge >= 0.3 is 5.69 Å². The van der Waals surface area contributed by atoms with Gasteiger partial charge in [0.1, 0.15) is 12.4 Å². The van der Waals surface area contributed by atoms with Crippen LogP contribution in [0.5, 0.6) is 0 Å². The highest BCUT2D eigenvalue weighted by molar-refractivity contribution is 5.53. The molecule has 0 radical (unpaired) electrons. The summed E-state index contributed by atoms with van der Waals surface area (Å²) in [4.78, 5) is 17.2. The molecule has 1 atom stereocenters. The molecule has 0 bridgehead atoms. The Morgan fingerprint density at radius 3 is 2.81 bits per heavy atom. The monoisotopic (exact) mass is 368 g/mol. The van der Waals surface area contributed by atoms with E-state index >= 15 is 0 Å². The van der Waals surface area contributed by atoms with E-state index in [1.807, 2.05) is 38.1 Å². The lowest BCUT2D eigenvalue weighted by atomic mass is 9.99. The number of aromatic nitrogens is 5. The van der Waals surface area contributed by atoms with Gasteiger partial charge in [-0.1, -0.05) is 22.9 Å². The second kappa shape index (κ2) is 7.48. The largest absolute Gasteiger partial charge is 0.346 e. The third kappa shape index (κ3) is 3.57. The van der Waals surface area contributed by atoms with Crippen molar-refractivity contribution in [1.82, 2.24) is 29.8 Å². The number of nitrogens with zero attached hydrogens (tertiary/aromatic N) is 5. The van der Waals surface area contributed by atoms with Crippen molar-refractivity contribution in [3.05, 3.63) is 52.0 Å². The molecule has 1 fully saturated rings. The van der Waals surface area contributed by atoms with E-state index in [2.05, 4.69) is 20.6 Å². The number of piperidine rings is 1. The first-order chi connectivity index (χ1) is 13.2. The minimum absolute atomic E-state index is 0.125. The fraction of sp³-hybridized carbons (Fsp3) is 0.474. The lowest BCUT2D eigenvalue weighted by Crippen LogP contribution is -2.31. The second-order valence-electron chi connectivity index (χ2n) is 6.97. The Labute approximate surface area is 157 Å². The average molecular weight is 368 g/mol.